The highest BCUT2D eigenvalue weighted by Gasteiger charge is 2.32. The number of carbonyl (C=O) groups excluding carboxylic acids is 3. The molecule has 0 spiro atoms. The van der Waals surface area contributed by atoms with Crippen molar-refractivity contribution in [2.45, 2.75) is 56.5 Å². The Bertz CT molecular complexity index is 691. The Hall–Kier alpha value is -2.23. The second-order valence-electron chi connectivity index (χ2n) is 7.21. The maximum Gasteiger partial charge on any atom is 0.326 e. The lowest BCUT2D eigenvalue weighted by Gasteiger charge is -2.26. The number of hydrogen-bond donors (Lipinski definition) is 9. The number of nitrogens with zero attached hydrogens (tertiary/aromatic N) is 1. The van der Waals surface area contributed by atoms with Crippen LogP contribution in [0.4, 0.5) is 0 Å². The lowest BCUT2D eigenvalue weighted by molar-refractivity contribution is -0.143. The highest BCUT2D eigenvalue weighted by atomic mass is 32.2. The molecule has 13 nitrogen and oxygen atoms in total. The SMILES string of the molecule is CSCCC(NC(=O)C(NC(=O)C(CCCN=C(N)N)NC(=O)C(N)CS)C(C)O)C(=O)O. The van der Waals surface area contributed by atoms with Gasteiger partial charge in [0.15, 0.2) is 5.96 Å². The highest BCUT2D eigenvalue weighted by molar-refractivity contribution is 7.98. The summed E-state index contributed by atoms with van der Waals surface area (Å²) in [7, 11) is 0. The normalized spacial score (nSPS) is 15.3. The van der Waals surface area contributed by atoms with Crippen molar-refractivity contribution < 1.29 is 29.4 Å². The Morgan fingerprint density at radius 3 is 2.12 bits per heavy atom. The summed E-state index contributed by atoms with van der Waals surface area (Å²) in [6.45, 7) is 1.46. The van der Waals surface area contributed by atoms with Crippen molar-refractivity contribution in [3.05, 3.63) is 0 Å². The largest absolute Gasteiger partial charge is 0.480 e. The third-order valence-electron chi connectivity index (χ3n) is 4.40. The fourth-order valence-electron chi connectivity index (χ4n) is 2.55. The second kappa shape index (κ2) is 16.4. The number of aliphatic carboxylic acids is 1. The van der Waals surface area contributed by atoms with E-state index in [9.17, 15) is 29.4 Å². The quantitative estimate of drug-likeness (QED) is 0.0441. The standard InChI is InChI=1S/C18H35N7O6S2/c1-9(26)13(16(29)24-12(17(30)31)5-7-33-2)25-15(28)11(4-3-6-22-18(20)21)23-14(27)10(19)8-32/h9-13,26,32H,3-8,19H2,1-2H3,(H,23,27)(H,24,29)(H,25,28)(H,30,31)(H4,20,21,22). The van der Waals surface area contributed by atoms with Crippen LogP contribution in [0.3, 0.4) is 0 Å². The zero-order valence-electron chi connectivity index (χ0n) is 18.7. The van der Waals surface area contributed by atoms with E-state index in [1.54, 1.807) is 6.26 Å². The first-order valence-corrected chi connectivity index (χ1v) is 12.2. The summed E-state index contributed by atoms with van der Waals surface area (Å²) in [5, 5.41) is 26.5. The van der Waals surface area contributed by atoms with E-state index in [0.717, 1.165) is 0 Å². The number of hydrogen-bond acceptors (Lipinski definition) is 9. The van der Waals surface area contributed by atoms with E-state index in [-0.39, 0.29) is 31.1 Å². The number of aliphatic hydroxyl groups excluding tert-OH is 1. The van der Waals surface area contributed by atoms with E-state index >= 15 is 0 Å². The number of aliphatic imine (C=N–C) groups is 1. The molecule has 3 amide bonds. The maximum absolute atomic E-state index is 12.8. The van der Waals surface area contributed by atoms with Crippen LogP contribution in [0.2, 0.25) is 0 Å². The van der Waals surface area contributed by atoms with Crippen molar-refractivity contribution in [1.82, 2.24) is 16.0 Å². The number of thiol groups is 1. The van der Waals surface area contributed by atoms with E-state index in [4.69, 9.17) is 17.2 Å². The van der Waals surface area contributed by atoms with Gasteiger partial charge in [-0.25, -0.2) is 4.79 Å². The molecule has 0 rings (SSSR count). The first-order valence-electron chi connectivity index (χ1n) is 10.2. The second-order valence-corrected chi connectivity index (χ2v) is 8.56. The number of guanidine groups is 1. The molecule has 11 N–H and O–H groups in total. The third-order valence-corrected chi connectivity index (χ3v) is 5.44. The molecule has 5 atom stereocenters. The highest BCUT2D eigenvalue weighted by Crippen LogP contribution is 2.05. The average Bonchev–Trinajstić information content (AvgIpc) is 2.75. The molecule has 0 aliphatic heterocycles. The number of carbonyl (C=O) groups is 4. The maximum atomic E-state index is 12.8. The monoisotopic (exact) mass is 509 g/mol. The Morgan fingerprint density at radius 2 is 1.64 bits per heavy atom. The molecule has 0 fully saturated rings. The first kappa shape index (κ1) is 30.8. The number of amides is 3. The summed E-state index contributed by atoms with van der Waals surface area (Å²) < 4.78 is 0. The van der Waals surface area contributed by atoms with Crippen LogP contribution in [-0.2, 0) is 19.2 Å². The molecule has 0 bridgehead atoms. The van der Waals surface area contributed by atoms with Gasteiger partial charge in [0.05, 0.1) is 12.1 Å². The minimum absolute atomic E-state index is 0.0412. The Morgan fingerprint density at radius 1 is 1.03 bits per heavy atom. The predicted octanol–water partition coefficient (Wildman–Crippen LogP) is -3.03. The molecular weight excluding hydrogens is 474 g/mol. The molecule has 0 aromatic carbocycles. The fraction of sp³-hybridized carbons (Fsp3) is 0.722. The van der Waals surface area contributed by atoms with Crippen LogP contribution in [-0.4, -0.2) is 94.4 Å². The van der Waals surface area contributed by atoms with Crippen LogP contribution >= 0.6 is 24.4 Å². The average molecular weight is 510 g/mol. The Labute approximate surface area is 202 Å². The van der Waals surface area contributed by atoms with Gasteiger partial charge in [0.2, 0.25) is 17.7 Å². The number of nitrogens with two attached hydrogens (primary N) is 3. The van der Waals surface area contributed by atoms with E-state index in [0.29, 0.717) is 12.2 Å². The topological polar surface area (TPSA) is 235 Å². The molecule has 0 saturated heterocycles. The van der Waals surface area contributed by atoms with Crippen LogP contribution in [0.5, 0.6) is 0 Å². The zero-order valence-corrected chi connectivity index (χ0v) is 20.4. The Balaban J connectivity index is 5.40. The number of carboxylic acids is 1. The van der Waals surface area contributed by atoms with Gasteiger partial charge in [-0.15, -0.1) is 0 Å². The van der Waals surface area contributed by atoms with Crippen LogP contribution in [0.1, 0.15) is 26.2 Å². The lowest BCUT2D eigenvalue weighted by atomic mass is 10.1. The molecule has 0 aromatic heterocycles. The van der Waals surface area contributed by atoms with E-state index < -0.39 is 54.0 Å². The predicted molar refractivity (Wildman–Crippen MR) is 130 cm³/mol. The van der Waals surface area contributed by atoms with Gasteiger partial charge in [0.1, 0.15) is 18.1 Å². The van der Waals surface area contributed by atoms with Gasteiger partial charge in [0, 0.05) is 12.3 Å². The summed E-state index contributed by atoms with van der Waals surface area (Å²) in [6, 6.07) is -4.72. The van der Waals surface area contributed by atoms with Gasteiger partial charge in [-0.05, 0) is 38.2 Å². The smallest absolute Gasteiger partial charge is 0.326 e. The van der Waals surface area contributed by atoms with Crippen molar-refractivity contribution in [2.24, 2.45) is 22.2 Å². The number of nitrogens with one attached hydrogen (secondary N) is 3. The molecule has 0 saturated carbocycles. The van der Waals surface area contributed by atoms with Gasteiger partial charge >= 0.3 is 5.97 Å². The first-order chi connectivity index (χ1) is 15.4. The van der Waals surface area contributed by atoms with E-state index in [1.165, 1.54) is 18.7 Å². The van der Waals surface area contributed by atoms with Gasteiger partial charge in [-0.1, -0.05) is 0 Å². The molecule has 0 radical (unpaired) electrons. The van der Waals surface area contributed by atoms with Crippen molar-refractivity contribution >= 4 is 54.0 Å². The fourth-order valence-corrected chi connectivity index (χ4v) is 3.18. The van der Waals surface area contributed by atoms with Gasteiger partial charge in [0.25, 0.3) is 0 Å². The lowest BCUT2D eigenvalue weighted by Crippen LogP contribution is -2.60. The summed E-state index contributed by atoms with van der Waals surface area (Å²) in [4.78, 5) is 52.8. The van der Waals surface area contributed by atoms with Gasteiger partial charge in [-0.3, -0.25) is 19.4 Å². The molecule has 0 aliphatic carbocycles. The van der Waals surface area contributed by atoms with Crippen molar-refractivity contribution in [3.63, 3.8) is 0 Å². The van der Waals surface area contributed by atoms with Crippen molar-refractivity contribution in [3.8, 4) is 0 Å². The molecule has 0 aromatic rings. The number of thioether (sulfide) groups is 1. The molecule has 5 unspecified atom stereocenters. The minimum atomic E-state index is -1.45. The molecule has 33 heavy (non-hydrogen) atoms. The number of aliphatic hydroxyl groups is 1. The minimum Gasteiger partial charge on any atom is -0.480 e. The summed E-state index contributed by atoms with van der Waals surface area (Å²) in [6.07, 6.45) is 1.02. The van der Waals surface area contributed by atoms with E-state index in [1.807, 2.05) is 0 Å². The molecular formula is C18H35N7O6S2. The van der Waals surface area contributed by atoms with Crippen molar-refractivity contribution in [2.75, 3.05) is 24.3 Å². The molecule has 0 heterocycles. The van der Waals surface area contributed by atoms with Crippen LogP contribution in [0.25, 0.3) is 0 Å². The molecule has 0 aliphatic rings. The molecule has 190 valence electrons. The summed E-state index contributed by atoms with van der Waals surface area (Å²) in [5.41, 5.74) is 16.2. The summed E-state index contributed by atoms with van der Waals surface area (Å²) in [5.74, 6) is -3.11. The number of rotatable bonds is 16. The van der Waals surface area contributed by atoms with E-state index in [2.05, 4.69) is 33.6 Å². The van der Waals surface area contributed by atoms with Crippen LogP contribution < -0.4 is 33.2 Å². The Kier molecular flexibility index (Phi) is 15.3. The summed E-state index contributed by atoms with van der Waals surface area (Å²) >= 11 is 5.36. The van der Waals surface area contributed by atoms with Crippen molar-refractivity contribution in [1.29, 1.82) is 0 Å². The van der Waals surface area contributed by atoms with Crippen LogP contribution in [0, 0.1) is 0 Å². The van der Waals surface area contributed by atoms with Gasteiger partial charge < -0.3 is 43.4 Å². The molecule has 15 heteroatoms. The van der Waals surface area contributed by atoms with Gasteiger partial charge in [-0.2, -0.15) is 24.4 Å². The number of carboxylic acid groups (broad SMARTS) is 1. The third kappa shape index (κ3) is 12.6. The zero-order chi connectivity index (χ0) is 25.6. The van der Waals surface area contributed by atoms with Crippen LogP contribution in [0.15, 0.2) is 4.99 Å².